The van der Waals surface area contributed by atoms with E-state index in [2.05, 4.69) is 0 Å². The van der Waals surface area contributed by atoms with Crippen molar-refractivity contribution in [3.8, 4) is 0 Å². The monoisotopic (exact) mass is 288 g/mol. The second kappa shape index (κ2) is 5.11. The van der Waals surface area contributed by atoms with Crippen LogP contribution in [0.15, 0.2) is 0 Å². The molecule has 2 fully saturated rings. The van der Waals surface area contributed by atoms with Crippen molar-refractivity contribution in [1.82, 2.24) is 9.80 Å². The lowest BCUT2D eigenvalue weighted by Gasteiger charge is -2.46. The van der Waals surface area contributed by atoms with Gasteiger partial charge < -0.3 is 9.80 Å². The van der Waals surface area contributed by atoms with Crippen LogP contribution in [-0.2, 0) is 19.4 Å². The predicted octanol–water partition coefficient (Wildman–Crippen LogP) is -0.357. The highest BCUT2D eigenvalue weighted by atomic mass is 32.2. The Labute approximate surface area is 113 Å². The minimum Gasteiger partial charge on any atom is -0.329 e. The summed E-state index contributed by atoms with van der Waals surface area (Å²) < 4.78 is 22.4. The summed E-state index contributed by atoms with van der Waals surface area (Å²) in [6, 6.07) is -0.930. The van der Waals surface area contributed by atoms with E-state index >= 15 is 0 Å². The van der Waals surface area contributed by atoms with Crippen LogP contribution in [0.3, 0.4) is 0 Å². The third kappa shape index (κ3) is 2.91. The normalized spacial score (nSPS) is 28.5. The molecule has 19 heavy (non-hydrogen) atoms. The first-order valence-electron chi connectivity index (χ1n) is 6.60. The highest BCUT2D eigenvalue weighted by Gasteiger charge is 2.44. The van der Waals surface area contributed by atoms with Gasteiger partial charge in [0.1, 0.15) is 21.9 Å². The predicted molar refractivity (Wildman–Crippen MR) is 70.2 cm³/mol. The summed E-state index contributed by atoms with van der Waals surface area (Å²) in [6.07, 6.45) is 3.70. The number of amides is 2. The molecule has 0 aromatic heterocycles. The van der Waals surface area contributed by atoms with Crippen LogP contribution in [0.25, 0.3) is 0 Å². The lowest BCUT2D eigenvalue weighted by molar-refractivity contribution is -0.162. The second-order valence-corrected chi connectivity index (χ2v) is 7.64. The van der Waals surface area contributed by atoms with Gasteiger partial charge in [0.2, 0.25) is 11.8 Å². The fourth-order valence-corrected chi connectivity index (χ4v) is 3.30. The zero-order valence-electron chi connectivity index (χ0n) is 11.3. The number of hydrogen-bond donors (Lipinski definition) is 0. The van der Waals surface area contributed by atoms with Crippen molar-refractivity contribution in [2.45, 2.75) is 38.3 Å². The second-order valence-electron chi connectivity index (χ2n) is 5.38. The van der Waals surface area contributed by atoms with Gasteiger partial charge in [-0.3, -0.25) is 9.59 Å². The van der Waals surface area contributed by atoms with Gasteiger partial charge in [0.25, 0.3) is 0 Å². The van der Waals surface area contributed by atoms with E-state index in [0.29, 0.717) is 13.0 Å². The number of rotatable bonds is 3. The fourth-order valence-electron chi connectivity index (χ4n) is 2.78. The third-order valence-electron chi connectivity index (χ3n) is 3.88. The Bertz CT molecular complexity index is 488. The number of carbonyl (C=O) groups is 2. The first kappa shape index (κ1) is 14.3. The summed E-state index contributed by atoms with van der Waals surface area (Å²) in [5.74, 6) is -0.253. The average Bonchev–Trinajstić information content (AvgIpc) is 2.35. The Morgan fingerprint density at radius 1 is 1.21 bits per heavy atom. The molecule has 108 valence electrons. The van der Waals surface area contributed by atoms with Crippen LogP contribution in [0.2, 0.25) is 0 Å². The third-order valence-corrected chi connectivity index (χ3v) is 4.81. The van der Waals surface area contributed by atoms with E-state index in [1.807, 2.05) is 0 Å². The topological polar surface area (TPSA) is 74.8 Å². The molecule has 0 bridgehead atoms. The number of piperidine rings is 1. The molecule has 0 aromatic carbocycles. The lowest BCUT2D eigenvalue weighted by atomic mass is 9.96. The summed E-state index contributed by atoms with van der Waals surface area (Å²) in [4.78, 5) is 27.7. The highest BCUT2D eigenvalue weighted by molar-refractivity contribution is 7.90. The molecule has 0 N–H and O–H groups in total. The molecule has 2 rings (SSSR count). The van der Waals surface area contributed by atoms with E-state index in [4.69, 9.17) is 0 Å². The number of hydrogen-bond acceptors (Lipinski definition) is 4. The van der Waals surface area contributed by atoms with Crippen LogP contribution >= 0.6 is 0 Å². The maximum atomic E-state index is 12.4. The molecular formula is C12H20N2O4S. The van der Waals surface area contributed by atoms with Crippen molar-refractivity contribution in [1.29, 1.82) is 0 Å². The highest BCUT2D eigenvalue weighted by Crippen LogP contribution is 2.25. The van der Waals surface area contributed by atoms with Crippen LogP contribution < -0.4 is 0 Å². The summed E-state index contributed by atoms with van der Waals surface area (Å²) >= 11 is 0. The SMILES string of the molecule is CC1C(=O)N2CCCCC2C(=O)N1CCS(C)(=O)=O. The van der Waals surface area contributed by atoms with Crippen LogP contribution in [0, 0.1) is 0 Å². The molecule has 0 aromatic rings. The number of sulfone groups is 1. The fraction of sp³-hybridized carbons (Fsp3) is 0.833. The molecule has 2 aliphatic heterocycles. The Balaban J connectivity index is 2.15. The quantitative estimate of drug-likeness (QED) is 0.711. The van der Waals surface area contributed by atoms with E-state index in [-0.39, 0.29) is 30.2 Å². The van der Waals surface area contributed by atoms with E-state index in [1.54, 1.807) is 11.8 Å². The zero-order chi connectivity index (χ0) is 14.2. The number of carbonyl (C=O) groups excluding carboxylic acids is 2. The summed E-state index contributed by atoms with van der Waals surface area (Å²) in [6.45, 7) is 2.42. The van der Waals surface area contributed by atoms with E-state index < -0.39 is 15.9 Å². The maximum absolute atomic E-state index is 12.4. The molecule has 0 radical (unpaired) electrons. The lowest BCUT2D eigenvalue weighted by Crippen LogP contribution is -2.65. The van der Waals surface area contributed by atoms with Crippen LogP contribution in [-0.4, -0.2) is 67.2 Å². The number of fused-ring (bicyclic) bond motifs is 1. The molecule has 6 nitrogen and oxygen atoms in total. The maximum Gasteiger partial charge on any atom is 0.246 e. The Morgan fingerprint density at radius 3 is 2.53 bits per heavy atom. The standard InChI is InChI=1S/C12H20N2O4S/c1-9-11(15)14-6-4-3-5-10(14)12(16)13(9)7-8-19(2,17)18/h9-10H,3-8H2,1-2H3. The van der Waals surface area contributed by atoms with Crippen molar-refractivity contribution in [2.24, 2.45) is 0 Å². The van der Waals surface area contributed by atoms with Crippen molar-refractivity contribution in [2.75, 3.05) is 25.1 Å². The average molecular weight is 288 g/mol. The van der Waals surface area contributed by atoms with Gasteiger partial charge in [0.15, 0.2) is 0 Å². The van der Waals surface area contributed by atoms with Crippen LogP contribution in [0.4, 0.5) is 0 Å². The first-order valence-corrected chi connectivity index (χ1v) is 8.66. The summed E-state index contributed by atoms with van der Waals surface area (Å²) in [7, 11) is -3.14. The molecular weight excluding hydrogens is 268 g/mol. The van der Waals surface area contributed by atoms with Crippen molar-refractivity contribution in [3.05, 3.63) is 0 Å². The molecule has 7 heteroatoms. The Hall–Kier alpha value is -1.11. The molecule has 0 aliphatic carbocycles. The summed E-state index contributed by atoms with van der Waals surface area (Å²) in [5.41, 5.74) is 0. The molecule has 2 aliphatic rings. The molecule has 0 spiro atoms. The van der Waals surface area contributed by atoms with Crippen molar-refractivity contribution in [3.63, 3.8) is 0 Å². The molecule has 2 saturated heterocycles. The Kier molecular flexibility index (Phi) is 3.85. The van der Waals surface area contributed by atoms with Crippen molar-refractivity contribution >= 4 is 21.7 Å². The minimum absolute atomic E-state index is 0.0576. The van der Waals surface area contributed by atoms with Gasteiger partial charge in [-0.25, -0.2) is 8.42 Å². The molecule has 2 heterocycles. The minimum atomic E-state index is -3.14. The molecule has 2 amide bonds. The van der Waals surface area contributed by atoms with Gasteiger partial charge in [-0.15, -0.1) is 0 Å². The van der Waals surface area contributed by atoms with Gasteiger partial charge >= 0.3 is 0 Å². The van der Waals surface area contributed by atoms with Crippen LogP contribution in [0.5, 0.6) is 0 Å². The van der Waals surface area contributed by atoms with E-state index in [0.717, 1.165) is 19.1 Å². The molecule has 2 unspecified atom stereocenters. The largest absolute Gasteiger partial charge is 0.329 e. The number of nitrogens with zero attached hydrogens (tertiary/aromatic N) is 2. The van der Waals surface area contributed by atoms with Gasteiger partial charge in [0, 0.05) is 19.3 Å². The molecule has 0 saturated carbocycles. The van der Waals surface area contributed by atoms with Gasteiger partial charge in [-0.1, -0.05) is 0 Å². The summed E-state index contributed by atoms with van der Waals surface area (Å²) in [5, 5.41) is 0. The van der Waals surface area contributed by atoms with Gasteiger partial charge in [-0.05, 0) is 26.2 Å². The van der Waals surface area contributed by atoms with Gasteiger partial charge in [0.05, 0.1) is 5.75 Å². The van der Waals surface area contributed by atoms with Gasteiger partial charge in [-0.2, -0.15) is 0 Å². The zero-order valence-corrected chi connectivity index (χ0v) is 12.1. The van der Waals surface area contributed by atoms with Crippen LogP contribution in [0.1, 0.15) is 26.2 Å². The van der Waals surface area contributed by atoms with E-state index in [1.165, 1.54) is 4.90 Å². The smallest absolute Gasteiger partial charge is 0.246 e. The number of piperazine rings is 1. The molecule has 2 atom stereocenters. The van der Waals surface area contributed by atoms with Crippen molar-refractivity contribution < 1.29 is 18.0 Å². The first-order chi connectivity index (χ1) is 8.81. The van der Waals surface area contributed by atoms with E-state index in [9.17, 15) is 18.0 Å². The Morgan fingerprint density at radius 2 is 1.89 bits per heavy atom.